The number of hydrogen-bond acceptors (Lipinski definition) is 3. The van der Waals surface area contributed by atoms with Crippen LogP contribution < -0.4 is 10.6 Å². The molecular weight excluding hydrogens is 266 g/mol. The van der Waals surface area contributed by atoms with E-state index in [9.17, 15) is 9.59 Å². The third-order valence-corrected chi connectivity index (χ3v) is 4.39. The summed E-state index contributed by atoms with van der Waals surface area (Å²) in [6, 6.07) is 8.29. The molecule has 2 atom stereocenters. The fraction of sp³-hybridized carbons (Fsp3) is 0.500. The van der Waals surface area contributed by atoms with E-state index in [4.69, 9.17) is 0 Å². The SMILES string of the molecule is Cc1ccc(NC(=O)CN2C3CCC2CC(=O)NC3)cc1. The molecule has 0 aliphatic carbocycles. The summed E-state index contributed by atoms with van der Waals surface area (Å²) in [5.41, 5.74) is 1.99. The van der Waals surface area contributed by atoms with Crippen LogP contribution in [0, 0.1) is 6.92 Å². The third-order valence-electron chi connectivity index (χ3n) is 4.39. The molecule has 5 nitrogen and oxygen atoms in total. The van der Waals surface area contributed by atoms with Gasteiger partial charge < -0.3 is 10.6 Å². The molecule has 3 rings (SSSR count). The minimum atomic E-state index is -0.00916. The Kier molecular flexibility index (Phi) is 3.92. The van der Waals surface area contributed by atoms with Crippen molar-refractivity contribution in [1.82, 2.24) is 10.2 Å². The number of carbonyl (C=O) groups is 2. The van der Waals surface area contributed by atoms with Gasteiger partial charge in [0.2, 0.25) is 11.8 Å². The van der Waals surface area contributed by atoms with E-state index in [-0.39, 0.29) is 17.9 Å². The second-order valence-electron chi connectivity index (χ2n) is 5.98. The van der Waals surface area contributed by atoms with E-state index in [1.165, 1.54) is 5.56 Å². The van der Waals surface area contributed by atoms with Crippen LogP contribution in [0.3, 0.4) is 0 Å². The maximum Gasteiger partial charge on any atom is 0.238 e. The first-order chi connectivity index (χ1) is 10.1. The Morgan fingerprint density at radius 3 is 2.76 bits per heavy atom. The topological polar surface area (TPSA) is 61.4 Å². The first kappa shape index (κ1) is 14.1. The van der Waals surface area contributed by atoms with Gasteiger partial charge in [0.15, 0.2) is 0 Å². The first-order valence-electron chi connectivity index (χ1n) is 7.51. The van der Waals surface area contributed by atoms with Crippen molar-refractivity contribution in [2.24, 2.45) is 0 Å². The molecule has 5 heteroatoms. The Morgan fingerprint density at radius 1 is 1.29 bits per heavy atom. The predicted molar refractivity (Wildman–Crippen MR) is 81.0 cm³/mol. The summed E-state index contributed by atoms with van der Waals surface area (Å²) in [5.74, 6) is 0.0937. The molecule has 2 unspecified atom stereocenters. The van der Waals surface area contributed by atoms with Crippen molar-refractivity contribution in [2.45, 2.75) is 38.3 Å². The maximum atomic E-state index is 12.2. The minimum Gasteiger partial charge on any atom is -0.354 e. The molecule has 21 heavy (non-hydrogen) atoms. The molecular formula is C16H21N3O2. The van der Waals surface area contributed by atoms with Gasteiger partial charge in [0.05, 0.1) is 6.54 Å². The number of amides is 2. The van der Waals surface area contributed by atoms with Gasteiger partial charge in [-0.05, 0) is 31.9 Å². The van der Waals surface area contributed by atoms with Gasteiger partial charge in [0.1, 0.15) is 0 Å². The number of aryl methyl sites for hydroxylation is 1. The highest BCUT2D eigenvalue weighted by Gasteiger charge is 2.38. The quantitative estimate of drug-likeness (QED) is 0.880. The van der Waals surface area contributed by atoms with Gasteiger partial charge in [-0.25, -0.2) is 0 Å². The van der Waals surface area contributed by atoms with Crippen molar-refractivity contribution < 1.29 is 9.59 Å². The van der Waals surface area contributed by atoms with Gasteiger partial charge in [0, 0.05) is 30.7 Å². The van der Waals surface area contributed by atoms with Crippen LogP contribution in [-0.2, 0) is 9.59 Å². The summed E-state index contributed by atoms with van der Waals surface area (Å²) in [6.45, 7) is 3.04. The van der Waals surface area contributed by atoms with E-state index in [1.807, 2.05) is 31.2 Å². The van der Waals surface area contributed by atoms with E-state index in [1.54, 1.807) is 0 Å². The number of carbonyl (C=O) groups excluding carboxylic acids is 2. The number of benzene rings is 1. The van der Waals surface area contributed by atoms with Crippen LogP contribution >= 0.6 is 0 Å². The standard InChI is InChI=1S/C16H21N3O2/c1-11-2-4-12(5-3-11)18-16(21)10-19-13-6-7-14(19)9-17-15(20)8-13/h2-5,13-14H,6-10H2,1H3,(H,17,20)(H,18,21). The van der Waals surface area contributed by atoms with E-state index in [0.717, 1.165) is 18.5 Å². The lowest BCUT2D eigenvalue weighted by molar-refractivity contribution is -0.122. The van der Waals surface area contributed by atoms with Crippen molar-refractivity contribution >= 4 is 17.5 Å². The van der Waals surface area contributed by atoms with Crippen LogP contribution in [0.4, 0.5) is 5.69 Å². The molecule has 2 bridgehead atoms. The van der Waals surface area contributed by atoms with Gasteiger partial charge in [-0.2, -0.15) is 0 Å². The monoisotopic (exact) mass is 287 g/mol. The van der Waals surface area contributed by atoms with Crippen molar-refractivity contribution in [3.05, 3.63) is 29.8 Å². The van der Waals surface area contributed by atoms with Crippen molar-refractivity contribution in [1.29, 1.82) is 0 Å². The Morgan fingerprint density at radius 2 is 2.00 bits per heavy atom. The van der Waals surface area contributed by atoms with Crippen molar-refractivity contribution in [3.63, 3.8) is 0 Å². The molecule has 2 heterocycles. The summed E-state index contributed by atoms with van der Waals surface area (Å²) in [6.07, 6.45) is 2.58. The molecule has 2 aliphatic rings. The molecule has 1 aromatic carbocycles. The molecule has 2 fully saturated rings. The predicted octanol–water partition coefficient (Wildman–Crippen LogP) is 1.29. The van der Waals surface area contributed by atoms with Crippen LogP contribution in [-0.4, -0.2) is 41.9 Å². The highest BCUT2D eigenvalue weighted by molar-refractivity contribution is 5.92. The molecule has 1 aromatic rings. The van der Waals surface area contributed by atoms with E-state index in [0.29, 0.717) is 25.6 Å². The lowest BCUT2D eigenvalue weighted by atomic mass is 10.1. The second kappa shape index (κ2) is 5.85. The lowest BCUT2D eigenvalue weighted by Crippen LogP contribution is -2.42. The van der Waals surface area contributed by atoms with Crippen molar-refractivity contribution in [3.8, 4) is 0 Å². The Hall–Kier alpha value is -1.88. The lowest BCUT2D eigenvalue weighted by Gasteiger charge is -2.26. The van der Waals surface area contributed by atoms with Gasteiger partial charge in [0.25, 0.3) is 0 Å². The molecule has 2 N–H and O–H groups in total. The molecule has 0 radical (unpaired) electrons. The van der Waals surface area contributed by atoms with Crippen molar-refractivity contribution in [2.75, 3.05) is 18.4 Å². The van der Waals surface area contributed by atoms with Crippen LogP contribution in [0.15, 0.2) is 24.3 Å². The zero-order valence-electron chi connectivity index (χ0n) is 12.3. The van der Waals surface area contributed by atoms with Gasteiger partial charge in [-0.1, -0.05) is 17.7 Å². The summed E-state index contributed by atoms with van der Waals surface area (Å²) in [7, 11) is 0. The highest BCUT2D eigenvalue weighted by atomic mass is 16.2. The largest absolute Gasteiger partial charge is 0.354 e. The fourth-order valence-corrected chi connectivity index (χ4v) is 3.23. The number of anilines is 1. The molecule has 0 aromatic heterocycles. The fourth-order valence-electron chi connectivity index (χ4n) is 3.23. The van der Waals surface area contributed by atoms with Gasteiger partial charge in [-0.3, -0.25) is 14.5 Å². The molecule has 2 aliphatic heterocycles. The zero-order valence-corrected chi connectivity index (χ0v) is 12.3. The highest BCUT2D eigenvalue weighted by Crippen LogP contribution is 2.27. The van der Waals surface area contributed by atoms with Gasteiger partial charge >= 0.3 is 0 Å². The smallest absolute Gasteiger partial charge is 0.238 e. The Labute approximate surface area is 124 Å². The third kappa shape index (κ3) is 3.24. The molecule has 0 saturated carbocycles. The van der Waals surface area contributed by atoms with Crippen LogP contribution in [0.5, 0.6) is 0 Å². The average Bonchev–Trinajstić information content (AvgIpc) is 2.72. The molecule has 112 valence electrons. The summed E-state index contributed by atoms with van der Waals surface area (Å²) in [5, 5.41) is 5.85. The minimum absolute atomic E-state index is 0.00916. The average molecular weight is 287 g/mol. The number of rotatable bonds is 3. The normalized spacial score (nSPS) is 25.3. The summed E-state index contributed by atoms with van der Waals surface area (Å²) < 4.78 is 0. The van der Waals surface area contributed by atoms with Crippen LogP contribution in [0.1, 0.15) is 24.8 Å². The number of fused-ring (bicyclic) bond motifs is 2. The number of hydrogen-bond donors (Lipinski definition) is 2. The maximum absolute atomic E-state index is 12.2. The Balaban J connectivity index is 1.61. The van der Waals surface area contributed by atoms with Gasteiger partial charge in [-0.15, -0.1) is 0 Å². The summed E-state index contributed by atoms with van der Waals surface area (Å²) >= 11 is 0. The van der Waals surface area contributed by atoms with E-state index in [2.05, 4.69) is 15.5 Å². The van der Waals surface area contributed by atoms with E-state index < -0.39 is 0 Å². The number of nitrogens with zero attached hydrogens (tertiary/aromatic N) is 1. The second-order valence-corrected chi connectivity index (χ2v) is 5.98. The Bertz CT molecular complexity index is 541. The van der Waals surface area contributed by atoms with Crippen LogP contribution in [0.25, 0.3) is 0 Å². The summed E-state index contributed by atoms with van der Waals surface area (Å²) in [4.78, 5) is 26.0. The molecule has 2 saturated heterocycles. The number of nitrogens with one attached hydrogen (secondary N) is 2. The molecule has 0 spiro atoms. The zero-order chi connectivity index (χ0) is 14.8. The molecule has 2 amide bonds. The van der Waals surface area contributed by atoms with Crippen LogP contribution in [0.2, 0.25) is 0 Å². The van der Waals surface area contributed by atoms with E-state index >= 15 is 0 Å². The first-order valence-corrected chi connectivity index (χ1v) is 7.51.